The minimum absolute atomic E-state index is 0.0448. The first-order chi connectivity index (χ1) is 11.0. The average molecular weight is 314 g/mol. The van der Waals surface area contributed by atoms with Crippen molar-refractivity contribution in [2.24, 2.45) is 0 Å². The molecule has 0 fully saturated rings. The van der Waals surface area contributed by atoms with Gasteiger partial charge in [0.2, 0.25) is 5.91 Å². The second kappa shape index (κ2) is 6.24. The minimum atomic E-state index is -0.291. The Hall–Kier alpha value is -2.63. The number of amides is 1. The molecule has 5 nitrogen and oxygen atoms in total. The Bertz CT molecular complexity index is 809. The zero-order valence-electron chi connectivity index (χ0n) is 13.2. The molecule has 0 unspecified atom stereocenters. The van der Waals surface area contributed by atoms with E-state index in [0.717, 1.165) is 11.3 Å². The summed E-state index contributed by atoms with van der Waals surface area (Å²) in [6, 6.07) is 8.03. The van der Waals surface area contributed by atoms with Crippen LogP contribution in [0.2, 0.25) is 0 Å². The first kappa shape index (κ1) is 15.3. The van der Waals surface area contributed by atoms with E-state index in [2.05, 4.69) is 9.97 Å². The predicted molar refractivity (Wildman–Crippen MR) is 86.5 cm³/mol. The van der Waals surface area contributed by atoms with Gasteiger partial charge in [0.15, 0.2) is 0 Å². The van der Waals surface area contributed by atoms with Gasteiger partial charge in [0, 0.05) is 32.4 Å². The lowest BCUT2D eigenvalue weighted by Gasteiger charge is -2.22. The fourth-order valence-corrected chi connectivity index (χ4v) is 2.59. The lowest BCUT2D eigenvalue weighted by molar-refractivity contribution is -0.132. The van der Waals surface area contributed by atoms with Crippen molar-refractivity contribution in [1.82, 2.24) is 19.4 Å². The van der Waals surface area contributed by atoms with Gasteiger partial charge >= 0.3 is 0 Å². The third kappa shape index (κ3) is 3.26. The number of H-pyrrole nitrogens is 1. The molecular weight excluding hydrogens is 295 g/mol. The molecule has 1 atom stereocenters. The van der Waals surface area contributed by atoms with Crippen LogP contribution in [-0.2, 0) is 11.2 Å². The molecule has 1 aromatic carbocycles. The number of imidazole rings is 1. The van der Waals surface area contributed by atoms with Crippen LogP contribution in [-0.4, -0.2) is 38.9 Å². The van der Waals surface area contributed by atoms with Crippen molar-refractivity contribution in [2.45, 2.75) is 19.4 Å². The highest BCUT2D eigenvalue weighted by Crippen LogP contribution is 2.14. The van der Waals surface area contributed by atoms with Gasteiger partial charge in [0.05, 0.1) is 11.0 Å². The van der Waals surface area contributed by atoms with E-state index in [1.807, 2.05) is 36.0 Å². The van der Waals surface area contributed by atoms with Crippen molar-refractivity contribution in [1.29, 1.82) is 0 Å². The van der Waals surface area contributed by atoms with E-state index in [4.69, 9.17) is 0 Å². The van der Waals surface area contributed by atoms with E-state index in [1.165, 1.54) is 12.1 Å². The largest absolute Gasteiger partial charge is 0.344 e. The van der Waals surface area contributed by atoms with E-state index in [-0.39, 0.29) is 17.8 Å². The summed E-state index contributed by atoms with van der Waals surface area (Å²) in [5.41, 5.74) is 1.41. The third-order valence-corrected chi connectivity index (χ3v) is 3.99. The number of likely N-dealkylation sites (N-methyl/N-ethyl adjacent to an activating group) is 1. The average Bonchev–Trinajstić information content (AvgIpc) is 3.19. The van der Waals surface area contributed by atoms with Crippen molar-refractivity contribution in [2.75, 3.05) is 13.6 Å². The molecule has 0 aliphatic carbocycles. The van der Waals surface area contributed by atoms with Gasteiger partial charge in [-0.1, -0.05) is 0 Å². The van der Waals surface area contributed by atoms with E-state index < -0.39 is 0 Å². The number of halogens is 1. The first-order valence-corrected chi connectivity index (χ1v) is 7.56. The maximum atomic E-state index is 13.2. The summed E-state index contributed by atoms with van der Waals surface area (Å²) < 4.78 is 15.1. The van der Waals surface area contributed by atoms with E-state index >= 15 is 0 Å². The Morgan fingerprint density at radius 1 is 1.39 bits per heavy atom. The molecule has 2 aromatic heterocycles. The van der Waals surface area contributed by atoms with E-state index in [9.17, 15) is 9.18 Å². The van der Waals surface area contributed by atoms with Gasteiger partial charge in [-0.2, -0.15) is 0 Å². The highest BCUT2D eigenvalue weighted by atomic mass is 19.1. The van der Waals surface area contributed by atoms with Gasteiger partial charge in [-0.3, -0.25) is 4.79 Å². The molecule has 6 heteroatoms. The van der Waals surface area contributed by atoms with Crippen molar-refractivity contribution in [3.8, 4) is 0 Å². The van der Waals surface area contributed by atoms with Gasteiger partial charge in [0.1, 0.15) is 17.7 Å². The number of fused-ring (bicyclic) bond motifs is 1. The molecule has 0 bridgehead atoms. The van der Waals surface area contributed by atoms with Gasteiger partial charge in [0.25, 0.3) is 0 Å². The lowest BCUT2D eigenvalue weighted by atomic mass is 10.2. The number of aromatic nitrogens is 3. The molecule has 0 aliphatic heterocycles. The molecule has 0 spiro atoms. The molecule has 1 N–H and O–H groups in total. The molecule has 23 heavy (non-hydrogen) atoms. The fraction of sp³-hybridized carbons (Fsp3) is 0.294. The Morgan fingerprint density at radius 2 is 2.13 bits per heavy atom. The predicted octanol–water partition coefficient (Wildman–Crippen LogP) is 2.77. The van der Waals surface area contributed by atoms with Crippen LogP contribution in [0, 0.1) is 5.82 Å². The SMILES string of the molecule is C[C@H](C(=O)N(C)CCc1nc2ccc(F)cc2[nH]1)n1cccc1. The monoisotopic (exact) mass is 314 g/mol. The number of hydrogen-bond donors (Lipinski definition) is 1. The van der Waals surface area contributed by atoms with Crippen LogP contribution in [0.15, 0.2) is 42.7 Å². The van der Waals surface area contributed by atoms with Crippen molar-refractivity contribution >= 4 is 16.9 Å². The summed E-state index contributed by atoms with van der Waals surface area (Å²) in [4.78, 5) is 21.6. The molecule has 120 valence electrons. The second-order valence-electron chi connectivity index (χ2n) is 5.66. The number of rotatable bonds is 5. The molecule has 3 rings (SSSR count). The highest BCUT2D eigenvalue weighted by Gasteiger charge is 2.18. The number of carbonyl (C=O) groups is 1. The molecular formula is C17H19FN4O. The Kier molecular flexibility index (Phi) is 4.14. The summed E-state index contributed by atoms with van der Waals surface area (Å²) in [6.07, 6.45) is 4.35. The molecule has 1 amide bonds. The van der Waals surface area contributed by atoms with Crippen LogP contribution >= 0.6 is 0 Å². The number of nitrogens with one attached hydrogen (secondary N) is 1. The van der Waals surface area contributed by atoms with Gasteiger partial charge in [-0.15, -0.1) is 0 Å². The number of carbonyl (C=O) groups excluding carboxylic acids is 1. The van der Waals surface area contributed by atoms with E-state index in [1.54, 1.807) is 18.0 Å². The van der Waals surface area contributed by atoms with Crippen molar-refractivity contribution in [3.63, 3.8) is 0 Å². The zero-order chi connectivity index (χ0) is 16.4. The molecule has 2 heterocycles. The minimum Gasteiger partial charge on any atom is -0.344 e. The molecule has 0 aliphatic rings. The second-order valence-corrected chi connectivity index (χ2v) is 5.66. The quantitative estimate of drug-likeness (QED) is 0.787. The van der Waals surface area contributed by atoms with Gasteiger partial charge in [-0.25, -0.2) is 9.37 Å². The summed E-state index contributed by atoms with van der Waals surface area (Å²) in [7, 11) is 1.78. The Labute approximate surface area is 133 Å². The third-order valence-electron chi connectivity index (χ3n) is 3.99. The number of benzene rings is 1. The van der Waals surface area contributed by atoms with Crippen LogP contribution in [0.25, 0.3) is 11.0 Å². The van der Waals surface area contributed by atoms with Crippen LogP contribution in [0.4, 0.5) is 4.39 Å². The van der Waals surface area contributed by atoms with Crippen molar-refractivity contribution < 1.29 is 9.18 Å². The fourth-order valence-electron chi connectivity index (χ4n) is 2.59. The van der Waals surface area contributed by atoms with Gasteiger partial charge < -0.3 is 14.5 Å². The summed E-state index contributed by atoms with van der Waals surface area (Å²) >= 11 is 0. The summed E-state index contributed by atoms with van der Waals surface area (Å²) in [6.45, 7) is 2.43. The maximum Gasteiger partial charge on any atom is 0.245 e. The zero-order valence-corrected chi connectivity index (χ0v) is 13.2. The van der Waals surface area contributed by atoms with E-state index in [0.29, 0.717) is 18.5 Å². The standard InChI is InChI=1S/C17H19FN4O/c1-12(22-8-3-4-9-22)17(23)21(2)10-7-16-19-14-6-5-13(18)11-15(14)20-16/h3-6,8-9,11-12H,7,10H2,1-2H3,(H,19,20)/t12-/m1/s1. The van der Waals surface area contributed by atoms with Crippen LogP contribution in [0.5, 0.6) is 0 Å². The maximum absolute atomic E-state index is 13.2. The molecule has 0 saturated carbocycles. The molecule has 3 aromatic rings. The van der Waals surface area contributed by atoms with Crippen LogP contribution in [0.1, 0.15) is 18.8 Å². The first-order valence-electron chi connectivity index (χ1n) is 7.56. The molecule has 0 saturated heterocycles. The normalized spacial score (nSPS) is 12.5. The highest BCUT2D eigenvalue weighted by molar-refractivity contribution is 5.80. The number of aromatic amines is 1. The molecule has 0 radical (unpaired) electrons. The summed E-state index contributed by atoms with van der Waals surface area (Å²) in [5.74, 6) is 0.503. The number of nitrogens with zero attached hydrogens (tertiary/aromatic N) is 3. The van der Waals surface area contributed by atoms with Crippen LogP contribution < -0.4 is 0 Å². The van der Waals surface area contributed by atoms with Crippen LogP contribution in [0.3, 0.4) is 0 Å². The van der Waals surface area contributed by atoms with Gasteiger partial charge in [-0.05, 0) is 37.3 Å². The number of hydrogen-bond acceptors (Lipinski definition) is 2. The Balaban J connectivity index is 1.63. The smallest absolute Gasteiger partial charge is 0.245 e. The lowest BCUT2D eigenvalue weighted by Crippen LogP contribution is -2.34. The Morgan fingerprint density at radius 3 is 2.87 bits per heavy atom. The topological polar surface area (TPSA) is 53.9 Å². The van der Waals surface area contributed by atoms with Crippen molar-refractivity contribution in [3.05, 3.63) is 54.4 Å². The summed E-state index contributed by atoms with van der Waals surface area (Å²) in [5, 5.41) is 0.